The number of nitrogens with one attached hydrogen (secondary N) is 1. The summed E-state index contributed by atoms with van der Waals surface area (Å²) in [5.74, 6) is 0.624. The topological polar surface area (TPSA) is 61.4 Å². The molecule has 0 saturated carbocycles. The molecule has 0 bridgehead atoms. The summed E-state index contributed by atoms with van der Waals surface area (Å²) < 4.78 is 0. The van der Waals surface area contributed by atoms with Crippen LogP contribution in [0.1, 0.15) is 5.56 Å². The van der Waals surface area contributed by atoms with Crippen LogP contribution in [-0.4, -0.2) is 42.1 Å². The van der Waals surface area contributed by atoms with Gasteiger partial charge in [0.15, 0.2) is 0 Å². The summed E-state index contributed by atoms with van der Waals surface area (Å²) in [6.45, 7) is 3.58. The molecule has 0 atom stereocenters. The van der Waals surface area contributed by atoms with Crippen LogP contribution in [0.4, 0.5) is 17.3 Å². The normalized spacial score (nSPS) is 13.9. The van der Waals surface area contributed by atoms with Gasteiger partial charge in [-0.2, -0.15) is 0 Å². The number of anilines is 3. The number of hydrogen-bond donors (Lipinski definition) is 1. The van der Waals surface area contributed by atoms with Crippen LogP contribution in [-0.2, 0) is 11.2 Å². The lowest BCUT2D eigenvalue weighted by Crippen LogP contribution is -2.47. The van der Waals surface area contributed by atoms with Crippen LogP contribution in [0.2, 0.25) is 0 Å². The van der Waals surface area contributed by atoms with Gasteiger partial charge in [-0.15, -0.1) is 0 Å². The molecule has 3 aromatic carbocycles. The predicted octanol–water partition coefficient (Wildman–Crippen LogP) is 4.14. The number of fused-ring (bicyclic) bond motifs is 1. The Morgan fingerprint density at radius 3 is 2.22 bits per heavy atom. The smallest absolute Gasteiger partial charge is 0.228 e. The number of carbonyl (C=O) groups excluding carboxylic acids is 1. The van der Waals surface area contributed by atoms with E-state index >= 15 is 0 Å². The number of piperazine rings is 1. The number of amides is 1. The van der Waals surface area contributed by atoms with E-state index in [-0.39, 0.29) is 5.91 Å². The maximum atomic E-state index is 12.6. The Kier molecular flexibility index (Phi) is 5.66. The van der Waals surface area contributed by atoms with Crippen molar-refractivity contribution in [2.75, 3.05) is 41.3 Å². The molecule has 0 radical (unpaired) electrons. The molecule has 6 heteroatoms. The van der Waals surface area contributed by atoms with E-state index in [1.54, 1.807) is 12.4 Å². The quantitative estimate of drug-likeness (QED) is 0.523. The van der Waals surface area contributed by atoms with Gasteiger partial charge in [-0.3, -0.25) is 4.79 Å². The molecule has 5 rings (SSSR count). The van der Waals surface area contributed by atoms with E-state index < -0.39 is 0 Å². The summed E-state index contributed by atoms with van der Waals surface area (Å²) in [6, 6.07) is 24.6. The van der Waals surface area contributed by atoms with Crippen LogP contribution >= 0.6 is 0 Å². The zero-order valence-corrected chi connectivity index (χ0v) is 17.8. The molecule has 32 heavy (non-hydrogen) atoms. The zero-order valence-electron chi connectivity index (χ0n) is 17.8. The van der Waals surface area contributed by atoms with Gasteiger partial charge in [0.05, 0.1) is 24.5 Å². The van der Waals surface area contributed by atoms with Crippen LogP contribution in [0, 0.1) is 0 Å². The summed E-state index contributed by atoms with van der Waals surface area (Å²) >= 11 is 0. The van der Waals surface area contributed by atoms with Crippen LogP contribution in [0.3, 0.4) is 0 Å². The molecule has 1 saturated heterocycles. The Morgan fingerprint density at radius 2 is 1.44 bits per heavy atom. The highest BCUT2D eigenvalue weighted by molar-refractivity contribution is 5.96. The number of nitrogens with zero attached hydrogens (tertiary/aromatic N) is 4. The number of aromatic nitrogens is 2. The first kappa shape index (κ1) is 20.0. The Labute approximate surface area is 187 Å². The van der Waals surface area contributed by atoms with Crippen LogP contribution in [0.5, 0.6) is 0 Å². The third kappa shape index (κ3) is 4.39. The van der Waals surface area contributed by atoms with Gasteiger partial charge < -0.3 is 15.1 Å². The van der Waals surface area contributed by atoms with Gasteiger partial charge in [0.25, 0.3) is 0 Å². The summed E-state index contributed by atoms with van der Waals surface area (Å²) in [7, 11) is 0. The fourth-order valence-corrected chi connectivity index (χ4v) is 4.18. The lowest BCUT2D eigenvalue weighted by molar-refractivity contribution is -0.115. The molecule has 4 aromatic rings. The van der Waals surface area contributed by atoms with Crippen LogP contribution in [0.15, 0.2) is 85.2 Å². The first-order chi connectivity index (χ1) is 15.8. The van der Waals surface area contributed by atoms with Gasteiger partial charge in [-0.1, -0.05) is 60.7 Å². The van der Waals surface area contributed by atoms with Gasteiger partial charge in [0, 0.05) is 31.9 Å². The highest BCUT2D eigenvalue weighted by Gasteiger charge is 2.19. The highest BCUT2D eigenvalue weighted by Crippen LogP contribution is 2.20. The minimum atomic E-state index is -0.0748. The van der Waals surface area contributed by atoms with Crippen molar-refractivity contribution in [1.82, 2.24) is 9.97 Å². The summed E-state index contributed by atoms with van der Waals surface area (Å²) in [5, 5.41) is 5.16. The van der Waals surface area contributed by atoms with E-state index in [9.17, 15) is 4.79 Å². The monoisotopic (exact) mass is 423 g/mol. The molecule has 0 unspecified atom stereocenters. The second kappa shape index (κ2) is 9.06. The third-order valence-corrected chi connectivity index (χ3v) is 5.84. The summed E-state index contributed by atoms with van der Waals surface area (Å²) in [5.41, 5.74) is 2.87. The predicted molar refractivity (Wildman–Crippen MR) is 129 cm³/mol. The van der Waals surface area contributed by atoms with Crippen molar-refractivity contribution in [2.24, 2.45) is 0 Å². The fraction of sp³-hybridized carbons (Fsp3) is 0.192. The maximum Gasteiger partial charge on any atom is 0.228 e. The minimum Gasteiger partial charge on any atom is -0.368 e. The molecule has 1 N–H and O–H groups in total. The molecule has 1 aromatic heterocycles. The minimum absolute atomic E-state index is 0.0748. The fourth-order valence-electron chi connectivity index (χ4n) is 4.18. The molecule has 0 aliphatic carbocycles. The summed E-state index contributed by atoms with van der Waals surface area (Å²) in [6.07, 6.45) is 3.68. The largest absolute Gasteiger partial charge is 0.368 e. The molecule has 1 amide bonds. The van der Waals surface area contributed by atoms with E-state index in [0.717, 1.165) is 42.5 Å². The first-order valence-corrected chi connectivity index (χ1v) is 10.9. The average molecular weight is 424 g/mol. The molecule has 1 aliphatic rings. The Bertz CT molecular complexity index is 1200. The first-order valence-electron chi connectivity index (χ1n) is 10.9. The van der Waals surface area contributed by atoms with E-state index in [1.165, 1.54) is 5.69 Å². The van der Waals surface area contributed by atoms with E-state index in [4.69, 9.17) is 0 Å². The van der Waals surface area contributed by atoms with Crippen molar-refractivity contribution in [1.29, 1.82) is 0 Å². The molecular weight excluding hydrogens is 398 g/mol. The molecule has 0 spiro atoms. The van der Waals surface area contributed by atoms with Gasteiger partial charge in [-0.25, -0.2) is 9.97 Å². The molecule has 1 aliphatic heterocycles. The highest BCUT2D eigenvalue weighted by atomic mass is 16.1. The van der Waals surface area contributed by atoms with E-state index in [1.807, 2.05) is 36.4 Å². The van der Waals surface area contributed by atoms with Crippen molar-refractivity contribution in [2.45, 2.75) is 6.42 Å². The number of para-hydroxylation sites is 1. The Morgan fingerprint density at radius 1 is 0.781 bits per heavy atom. The van der Waals surface area contributed by atoms with Gasteiger partial charge in [0.1, 0.15) is 0 Å². The van der Waals surface area contributed by atoms with Crippen molar-refractivity contribution in [3.8, 4) is 0 Å². The SMILES string of the molecule is O=C(Cc1cccc2ccccc12)Nc1cnc(N2CCN(c3ccccc3)CC2)nc1. The third-order valence-electron chi connectivity index (χ3n) is 5.84. The lowest BCUT2D eigenvalue weighted by atomic mass is 10.0. The Balaban J connectivity index is 1.18. The molecule has 160 valence electrons. The van der Waals surface area contributed by atoms with Crippen molar-refractivity contribution >= 4 is 34.0 Å². The molecule has 1 fully saturated rings. The van der Waals surface area contributed by atoms with Crippen LogP contribution < -0.4 is 15.1 Å². The lowest BCUT2D eigenvalue weighted by Gasteiger charge is -2.36. The van der Waals surface area contributed by atoms with Crippen molar-refractivity contribution < 1.29 is 4.79 Å². The van der Waals surface area contributed by atoms with E-state index in [0.29, 0.717) is 18.1 Å². The van der Waals surface area contributed by atoms with Crippen LogP contribution in [0.25, 0.3) is 10.8 Å². The Hall–Kier alpha value is -3.93. The molecular formula is C26H25N5O. The van der Waals surface area contributed by atoms with Crippen molar-refractivity contribution in [3.05, 3.63) is 90.8 Å². The second-order valence-electron chi connectivity index (χ2n) is 7.94. The van der Waals surface area contributed by atoms with Crippen molar-refractivity contribution in [3.63, 3.8) is 0 Å². The van der Waals surface area contributed by atoms with Gasteiger partial charge in [-0.05, 0) is 28.5 Å². The number of carbonyl (C=O) groups is 1. The maximum absolute atomic E-state index is 12.6. The zero-order chi connectivity index (χ0) is 21.8. The van der Waals surface area contributed by atoms with Gasteiger partial charge >= 0.3 is 0 Å². The average Bonchev–Trinajstić information content (AvgIpc) is 2.85. The number of benzene rings is 3. The second-order valence-corrected chi connectivity index (χ2v) is 7.94. The number of rotatable bonds is 5. The van der Waals surface area contributed by atoms with Gasteiger partial charge in [0.2, 0.25) is 11.9 Å². The standard InChI is InChI=1S/C26H25N5O/c32-25(17-21-9-6-8-20-7-4-5-12-24(20)21)29-22-18-27-26(28-19-22)31-15-13-30(14-16-31)23-10-2-1-3-11-23/h1-12,18-19H,13-17H2,(H,29,32). The molecule has 2 heterocycles. The van der Waals surface area contributed by atoms with E-state index in [2.05, 4.69) is 61.5 Å². The summed E-state index contributed by atoms with van der Waals surface area (Å²) in [4.78, 5) is 26.1. The number of hydrogen-bond acceptors (Lipinski definition) is 5. The molecule has 6 nitrogen and oxygen atoms in total.